The van der Waals surface area contributed by atoms with E-state index in [2.05, 4.69) is 37.2 Å². The molecule has 0 radical (unpaired) electrons. The van der Waals surface area contributed by atoms with Gasteiger partial charge in [-0.05, 0) is 48.0 Å². The van der Waals surface area contributed by atoms with E-state index in [1.165, 1.54) is 19.9 Å². The van der Waals surface area contributed by atoms with E-state index in [0.717, 1.165) is 16.7 Å². The summed E-state index contributed by atoms with van der Waals surface area (Å²) >= 11 is 12.7. The van der Waals surface area contributed by atoms with Crippen LogP contribution in [0, 0.1) is 0 Å². The van der Waals surface area contributed by atoms with Gasteiger partial charge in [0.15, 0.2) is 0 Å². The van der Waals surface area contributed by atoms with E-state index in [0.29, 0.717) is 14.5 Å². The molecule has 3 N–H and O–H groups in total. The van der Waals surface area contributed by atoms with E-state index in [1.807, 2.05) is 0 Å². The highest BCUT2D eigenvalue weighted by Gasteiger charge is 2.38. The van der Waals surface area contributed by atoms with Crippen LogP contribution in [0.1, 0.15) is 19.4 Å². The standard InChI is InChI=1S/C16H14Br2N2O5S2/c1-6(15(24)25)19-13(22)7(2)20-14(23)11(27-16(20)26)4-8-3-9(17)5-10(18)12(8)21/h3-7,21H,1-2H3,(H,19,22)(H,24,25)/b11-4-. The molecule has 1 fully saturated rings. The lowest BCUT2D eigenvalue weighted by atomic mass is 10.1. The fourth-order valence-corrected chi connectivity index (χ4v) is 4.83. The maximum absolute atomic E-state index is 12.7. The Kier molecular flexibility index (Phi) is 7.06. The van der Waals surface area contributed by atoms with Gasteiger partial charge >= 0.3 is 5.97 Å². The van der Waals surface area contributed by atoms with Crippen LogP contribution in [0.2, 0.25) is 0 Å². The predicted molar refractivity (Wildman–Crippen MR) is 113 cm³/mol. The van der Waals surface area contributed by atoms with E-state index in [4.69, 9.17) is 17.3 Å². The molecule has 0 bridgehead atoms. The topological polar surface area (TPSA) is 107 Å². The highest BCUT2D eigenvalue weighted by molar-refractivity contribution is 9.11. The van der Waals surface area contributed by atoms with E-state index in [9.17, 15) is 19.5 Å². The largest absolute Gasteiger partial charge is 0.506 e. The maximum Gasteiger partial charge on any atom is 0.325 e. The maximum atomic E-state index is 12.7. The van der Waals surface area contributed by atoms with Gasteiger partial charge in [0.05, 0.1) is 9.38 Å². The van der Waals surface area contributed by atoms with Gasteiger partial charge in [0.25, 0.3) is 5.91 Å². The zero-order valence-corrected chi connectivity index (χ0v) is 18.8. The number of phenols is 1. The first-order valence-electron chi connectivity index (χ1n) is 7.51. The normalized spacial score (nSPS) is 17.9. The molecule has 2 rings (SSSR count). The summed E-state index contributed by atoms with van der Waals surface area (Å²) in [6, 6.07) is 1.23. The summed E-state index contributed by atoms with van der Waals surface area (Å²) in [5.74, 6) is -2.34. The third-order valence-corrected chi connectivity index (χ3v) is 6.06. The van der Waals surface area contributed by atoms with Crippen molar-refractivity contribution in [1.29, 1.82) is 0 Å². The Bertz CT molecular complexity index is 875. The van der Waals surface area contributed by atoms with Crippen LogP contribution in [0.25, 0.3) is 6.08 Å². The molecule has 2 atom stereocenters. The number of amides is 2. The first kappa shape index (κ1) is 21.9. The van der Waals surface area contributed by atoms with Crippen molar-refractivity contribution in [3.05, 3.63) is 31.5 Å². The lowest BCUT2D eigenvalue weighted by Gasteiger charge is -2.23. The van der Waals surface area contributed by atoms with Gasteiger partial charge in [-0.15, -0.1) is 0 Å². The quantitative estimate of drug-likeness (QED) is 0.391. The molecule has 2 amide bonds. The van der Waals surface area contributed by atoms with Gasteiger partial charge in [-0.3, -0.25) is 19.3 Å². The van der Waals surface area contributed by atoms with Crippen LogP contribution < -0.4 is 5.32 Å². The van der Waals surface area contributed by atoms with Gasteiger partial charge in [0.1, 0.15) is 22.2 Å². The van der Waals surface area contributed by atoms with Crippen molar-refractivity contribution in [2.75, 3.05) is 0 Å². The van der Waals surface area contributed by atoms with Crippen molar-refractivity contribution >= 4 is 84.0 Å². The fraction of sp³-hybridized carbons (Fsp3) is 0.250. The zero-order chi connectivity index (χ0) is 20.5. The molecule has 0 spiro atoms. The van der Waals surface area contributed by atoms with Gasteiger partial charge in [-0.25, -0.2) is 0 Å². The van der Waals surface area contributed by atoms with Crippen molar-refractivity contribution < 1.29 is 24.6 Å². The molecule has 0 aliphatic carbocycles. The molecule has 0 aromatic heterocycles. The Morgan fingerprint density at radius 2 is 1.96 bits per heavy atom. The second-order valence-electron chi connectivity index (χ2n) is 5.62. The fourth-order valence-electron chi connectivity index (χ4n) is 2.16. The van der Waals surface area contributed by atoms with Gasteiger partial charge < -0.3 is 15.5 Å². The average Bonchev–Trinajstić information content (AvgIpc) is 2.85. The lowest BCUT2D eigenvalue weighted by Crippen LogP contribution is -2.50. The first-order chi connectivity index (χ1) is 12.5. The van der Waals surface area contributed by atoms with E-state index < -0.39 is 29.9 Å². The number of rotatable bonds is 5. The molecule has 11 heteroatoms. The monoisotopic (exact) mass is 536 g/mol. The Hall–Kier alpha value is -1.43. The van der Waals surface area contributed by atoms with Crippen molar-refractivity contribution in [2.45, 2.75) is 25.9 Å². The SMILES string of the molecule is CC(NC(=O)C(C)N1C(=O)/C(=C/c2cc(Br)cc(Br)c2O)SC1=S)C(=O)O. The Morgan fingerprint density at radius 3 is 2.56 bits per heavy atom. The molecular formula is C16H14Br2N2O5S2. The number of aromatic hydroxyl groups is 1. The van der Waals surface area contributed by atoms with E-state index >= 15 is 0 Å². The molecule has 1 aromatic rings. The summed E-state index contributed by atoms with van der Waals surface area (Å²) in [6.45, 7) is 2.79. The number of thiocarbonyl (C=S) groups is 1. The number of aliphatic carboxylic acids is 1. The number of nitrogens with one attached hydrogen (secondary N) is 1. The molecule has 1 aliphatic rings. The highest BCUT2D eigenvalue weighted by Crippen LogP contribution is 2.38. The van der Waals surface area contributed by atoms with Gasteiger partial charge in [-0.1, -0.05) is 39.9 Å². The molecule has 2 unspecified atom stereocenters. The molecular weight excluding hydrogens is 524 g/mol. The molecule has 27 heavy (non-hydrogen) atoms. The summed E-state index contributed by atoms with van der Waals surface area (Å²) < 4.78 is 1.32. The summed E-state index contributed by atoms with van der Waals surface area (Å²) in [5.41, 5.74) is 0.397. The smallest absolute Gasteiger partial charge is 0.325 e. The predicted octanol–water partition coefficient (Wildman–Crippen LogP) is 3.10. The van der Waals surface area contributed by atoms with E-state index in [1.54, 1.807) is 12.1 Å². The molecule has 7 nitrogen and oxygen atoms in total. The minimum Gasteiger partial charge on any atom is -0.506 e. The third-order valence-electron chi connectivity index (χ3n) is 3.66. The second kappa shape index (κ2) is 8.72. The third kappa shape index (κ3) is 4.89. The average molecular weight is 538 g/mol. The summed E-state index contributed by atoms with van der Waals surface area (Å²) in [4.78, 5) is 37.2. The van der Waals surface area contributed by atoms with Crippen molar-refractivity contribution in [2.24, 2.45) is 0 Å². The summed E-state index contributed by atoms with van der Waals surface area (Å²) in [6.07, 6.45) is 1.48. The Balaban J connectivity index is 2.27. The number of thioether (sulfide) groups is 1. The first-order valence-corrected chi connectivity index (χ1v) is 10.3. The van der Waals surface area contributed by atoms with Crippen LogP contribution in [0.5, 0.6) is 5.75 Å². The van der Waals surface area contributed by atoms with Crippen LogP contribution in [0.4, 0.5) is 0 Å². The number of hydrogen-bond acceptors (Lipinski definition) is 6. The number of phenolic OH excluding ortho intramolecular Hbond substituents is 1. The number of carboxylic acids is 1. The number of carbonyl (C=O) groups excluding carboxylic acids is 2. The van der Waals surface area contributed by atoms with Gasteiger partial charge in [0, 0.05) is 10.0 Å². The van der Waals surface area contributed by atoms with Crippen LogP contribution in [0.3, 0.4) is 0 Å². The molecule has 144 valence electrons. The zero-order valence-electron chi connectivity index (χ0n) is 14.0. The summed E-state index contributed by atoms with van der Waals surface area (Å²) in [5, 5.41) is 21.4. The number of carboxylic acid groups (broad SMARTS) is 1. The van der Waals surface area contributed by atoms with Crippen molar-refractivity contribution in [1.82, 2.24) is 10.2 Å². The van der Waals surface area contributed by atoms with Gasteiger partial charge in [-0.2, -0.15) is 0 Å². The van der Waals surface area contributed by atoms with Gasteiger partial charge in [0.2, 0.25) is 5.91 Å². The molecule has 1 aliphatic heterocycles. The van der Waals surface area contributed by atoms with Crippen LogP contribution >= 0.6 is 55.8 Å². The minimum atomic E-state index is -1.18. The van der Waals surface area contributed by atoms with Crippen LogP contribution in [-0.2, 0) is 14.4 Å². The number of carbonyl (C=O) groups is 3. The van der Waals surface area contributed by atoms with Crippen molar-refractivity contribution in [3.63, 3.8) is 0 Å². The second-order valence-corrected chi connectivity index (χ2v) is 9.07. The molecule has 1 aromatic carbocycles. The molecule has 0 saturated carbocycles. The number of benzene rings is 1. The number of nitrogens with zero attached hydrogens (tertiary/aromatic N) is 1. The number of halogens is 2. The Labute approximate surface area is 181 Å². The molecule has 1 saturated heterocycles. The number of hydrogen-bond donors (Lipinski definition) is 3. The van der Waals surface area contributed by atoms with Crippen molar-refractivity contribution in [3.8, 4) is 5.75 Å². The highest BCUT2D eigenvalue weighted by atomic mass is 79.9. The molecule has 1 heterocycles. The van der Waals surface area contributed by atoms with Crippen LogP contribution in [-0.4, -0.2) is 49.3 Å². The summed E-state index contributed by atoms with van der Waals surface area (Å²) in [7, 11) is 0. The Morgan fingerprint density at radius 1 is 1.33 bits per heavy atom. The lowest BCUT2D eigenvalue weighted by molar-refractivity contribution is -0.142. The minimum absolute atomic E-state index is 0.0375. The van der Waals surface area contributed by atoms with E-state index in [-0.39, 0.29) is 15.0 Å². The van der Waals surface area contributed by atoms with Crippen LogP contribution in [0.15, 0.2) is 26.0 Å².